The van der Waals surface area contributed by atoms with Gasteiger partial charge in [0.1, 0.15) is 11.6 Å². The molecule has 1 aliphatic carbocycles. The molecule has 0 bridgehead atoms. The molecule has 4 N–H and O–H groups in total. The van der Waals surface area contributed by atoms with Gasteiger partial charge in [0.25, 0.3) is 5.91 Å². The number of aliphatic hydroxyl groups is 1. The van der Waals surface area contributed by atoms with Crippen molar-refractivity contribution in [3.8, 4) is 0 Å². The van der Waals surface area contributed by atoms with E-state index >= 15 is 0 Å². The molecule has 8 nitrogen and oxygen atoms in total. The molecule has 8 heteroatoms. The van der Waals surface area contributed by atoms with Crippen molar-refractivity contribution in [1.82, 2.24) is 16.0 Å². The molecule has 192 valence electrons. The molecule has 0 spiro atoms. The molecule has 1 saturated carbocycles. The molecule has 0 heterocycles. The van der Waals surface area contributed by atoms with Gasteiger partial charge in [-0.25, -0.2) is 4.79 Å². The van der Waals surface area contributed by atoms with Crippen molar-refractivity contribution in [2.45, 2.75) is 104 Å². The predicted octanol–water partition coefficient (Wildman–Crippen LogP) is 3.32. The number of rotatable bonds is 10. The molecule has 3 amide bonds. The maximum atomic E-state index is 13.1. The Morgan fingerprint density at radius 2 is 1.62 bits per heavy atom. The number of hydrogen-bond acceptors (Lipinski definition) is 5. The molecule has 1 aliphatic rings. The van der Waals surface area contributed by atoms with E-state index in [1.807, 2.05) is 58.0 Å². The van der Waals surface area contributed by atoms with E-state index < -0.39 is 41.7 Å². The third kappa shape index (κ3) is 11.5. The quantitative estimate of drug-likeness (QED) is 0.412. The number of benzene rings is 1. The minimum atomic E-state index is -1.42. The van der Waals surface area contributed by atoms with Gasteiger partial charge in [-0.1, -0.05) is 58.0 Å². The van der Waals surface area contributed by atoms with Crippen LogP contribution in [0.4, 0.5) is 4.79 Å². The first-order valence-electron chi connectivity index (χ1n) is 12.3. The van der Waals surface area contributed by atoms with Crippen LogP contribution in [0.3, 0.4) is 0 Å². The second-order valence-corrected chi connectivity index (χ2v) is 9.86. The standard InChI is InChI=1S/C24H37N3O5.C2H6/c1-15(2)13-19(27-23(31)32-24(3,4)5)21(29)26-18(14-16-9-7-6-8-10-16)20(28)22(30)25-17-11-12-17;1-2/h6-10,15,17-20,28H,11-14H2,1-5H3,(H,25,30)(H,26,29)(H,27,31);1-2H3/t18?,19-,20?;/m0./s1. The molecule has 0 aliphatic heterocycles. The van der Waals surface area contributed by atoms with Gasteiger partial charge in [0.2, 0.25) is 5.91 Å². The number of ether oxygens (including phenoxy) is 1. The summed E-state index contributed by atoms with van der Waals surface area (Å²) in [5, 5.41) is 18.9. The van der Waals surface area contributed by atoms with Crippen molar-refractivity contribution < 1.29 is 24.2 Å². The zero-order valence-corrected chi connectivity index (χ0v) is 21.7. The van der Waals surface area contributed by atoms with Crippen molar-refractivity contribution in [2.24, 2.45) is 5.92 Å². The van der Waals surface area contributed by atoms with Gasteiger partial charge in [0.15, 0.2) is 6.10 Å². The van der Waals surface area contributed by atoms with Gasteiger partial charge >= 0.3 is 6.09 Å². The number of hydrogen-bond donors (Lipinski definition) is 4. The van der Waals surface area contributed by atoms with E-state index in [9.17, 15) is 19.5 Å². The van der Waals surface area contributed by atoms with Crippen LogP contribution in [0, 0.1) is 5.92 Å². The van der Waals surface area contributed by atoms with E-state index in [4.69, 9.17) is 4.74 Å². The Hall–Kier alpha value is -2.61. The normalized spacial score (nSPS) is 15.8. The highest BCUT2D eigenvalue weighted by Gasteiger charge is 2.34. The van der Waals surface area contributed by atoms with Crippen LogP contribution in [-0.4, -0.2) is 52.8 Å². The summed E-state index contributed by atoms with van der Waals surface area (Å²) >= 11 is 0. The highest BCUT2D eigenvalue weighted by Crippen LogP contribution is 2.19. The van der Waals surface area contributed by atoms with E-state index in [-0.39, 0.29) is 18.4 Å². The zero-order chi connectivity index (χ0) is 25.9. The molecular weight excluding hydrogens is 434 g/mol. The van der Waals surface area contributed by atoms with Crippen LogP contribution in [0.15, 0.2) is 30.3 Å². The lowest BCUT2D eigenvalue weighted by Gasteiger charge is -2.28. The Kier molecular flexibility index (Phi) is 12.1. The maximum absolute atomic E-state index is 13.1. The summed E-state index contributed by atoms with van der Waals surface area (Å²) < 4.78 is 5.29. The molecule has 0 radical (unpaired) electrons. The van der Waals surface area contributed by atoms with Gasteiger partial charge in [-0.3, -0.25) is 9.59 Å². The predicted molar refractivity (Wildman–Crippen MR) is 133 cm³/mol. The zero-order valence-electron chi connectivity index (χ0n) is 21.7. The minimum absolute atomic E-state index is 0.0905. The van der Waals surface area contributed by atoms with E-state index in [1.54, 1.807) is 20.8 Å². The molecule has 3 atom stereocenters. The summed E-state index contributed by atoms with van der Waals surface area (Å²) in [4.78, 5) is 37.9. The molecule has 1 aromatic rings. The topological polar surface area (TPSA) is 117 Å². The van der Waals surface area contributed by atoms with Gasteiger partial charge < -0.3 is 25.8 Å². The number of amides is 3. The van der Waals surface area contributed by atoms with E-state index in [2.05, 4.69) is 16.0 Å². The van der Waals surface area contributed by atoms with Crippen LogP contribution in [0.1, 0.15) is 73.3 Å². The average Bonchev–Trinajstić information content (AvgIpc) is 3.56. The van der Waals surface area contributed by atoms with Crippen molar-refractivity contribution in [2.75, 3.05) is 0 Å². The van der Waals surface area contributed by atoms with Crippen LogP contribution >= 0.6 is 0 Å². The minimum Gasteiger partial charge on any atom is -0.444 e. The Bertz CT molecular complexity index is 772. The third-order valence-electron chi connectivity index (χ3n) is 4.91. The molecule has 34 heavy (non-hydrogen) atoms. The molecule has 0 aromatic heterocycles. The molecule has 0 saturated heterocycles. The van der Waals surface area contributed by atoms with Crippen molar-refractivity contribution >= 4 is 17.9 Å². The second-order valence-electron chi connectivity index (χ2n) is 9.86. The van der Waals surface area contributed by atoms with Crippen LogP contribution in [0.5, 0.6) is 0 Å². The van der Waals surface area contributed by atoms with Crippen LogP contribution < -0.4 is 16.0 Å². The first-order chi connectivity index (χ1) is 15.9. The monoisotopic (exact) mass is 477 g/mol. The van der Waals surface area contributed by atoms with E-state index in [0.717, 1.165) is 18.4 Å². The number of carbonyl (C=O) groups excluding carboxylic acids is 3. The van der Waals surface area contributed by atoms with E-state index in [0.29, 0.717) is 6.42 Å². The SMILES string of the molecule is CC.CC(C)C[C@H](NC(=O)OC(C)(C)C)C(=O)NC(Cc1ccccc1)C(O)C(=O)NC1CC1. The van der Waals surface area contributed by atoms with Gasteiger partial charge in [-0.15, -0.1) is 0 Å². The first kappa shape index (κ1) is 29.4. The van der Waals surface area contributed by atoms with Gasteiger partial charge in [0, 0.05) is 6.04 Å². The fraction of sp³-hybridized carbons (Fsp3) is 0.654. The third-order valence-corrected chi connectivity index (χ3v) is 4.91. The first-order valence-corrected chi connectivity index (χ1v) is 12.3. The average molecular weight is 478 g/mol. The number of nitrogens with one attached hydrogen (secondary N) is 3. The van der Waals surface area contributed by atoms with Gasteiger partial charge in [-0.05, 0) is 57.9 Å². The van der Waals surface area contributed by atoms with Gasteiger partial charge in [-0.2, -0.15) is 0 Å². The molecular formula is C26H43N3O5. The van der Waals surface area contributed by atoms with Crippen molar-refractivity contribution in [3.63, 3.8) is 0 Å². The van der Waals surface area contributed by atoms with Gasteiger partial charge in [0.05, 0.1) is 6.04 Å². The molecule has 1 aromatic carbocycles. The Labute approximate surface area is 204 Å². The summed E-state index contributed by atoms with van der Waals surface area (Å²) in [6, 6.07) is 7.71. The lowest BCUT2D eigenvalue weighted by molar-refractivity contribution is -0.132. The molecule has 2 rings (SSSR count). The number of aliphatic hydroxyl groups excluding tert-OH is 1. The van der Waals surface area contributed by atoms with E-state index in [1.165, 1.54) is 0 Å². The lowest BCUT2D eigenvalue weighted by Crippen LogP contribution is -2.57. The Morgan fingerprint density at radius 3 is 2.12 bits per heavy atom. The fourth-order valence-corrected chi connectivity index (χ4v) is 3.24. The summed E-state index contributed by atoms with van der Waals surface area (Å²) in [6.07, 6.45) is 0.334. The van der Waals surface area contributed by atoms with Crippen LogP contribution in [-0.2, 0) is 20.7 Å². The van der Waals surface area contributed by atoms with Crippen LogP contribution in [0.25, 0.3) is 0 Å². The largest absolute Gasteiger partial charge is 0.444 e. The summed E-state index contributed by atoms with van der Waals surface area (Å²) in [6.45, 7) is 13.1. The number of alkyl carbamates (subject to hydrolysis) is 1. The second kappa shape index (κ2) is 13.9. The fourth-order valence-electron chi connectivity index (χ4n) is 3.24. The molecule has 2 unspecified atom stereocenters. The Balaban J connectivity index is 0.00000281. The number of carbonyl (C=O) groups is 3. The van der Waals surface area contributed by atoms with Crippen molar-refractivity contribution in [3.05, 3.63) is 35.9 Å². The maximum Gasteiger partial charge on any atom is 0.408 e. The Morgan fingerprint density at radius 1 is 1.03 bits per heavy atom. The summed E-state index contributed by atoms with van der Waals surface area (Å²) in [5.41, 5.74) is 0.173. The van der Waals surface area contributed by atoms with Crippen LogP contribution in [0.2, 0.25) is 0 Å². The molecule has 1 fully saturated rings. The van der Waals surface area contributed by atoms with Crippen molar-refractivity contribution in [1.29, 1.82) is 0 Å². The lowest BCUT2D eigenvalue weighted by atomic mass is 9.98. The summed E-state index contributed by atoms with van der Waals surface area (Å²) in [7, 11) is 0. The smallest absolute Gasteiger partial charge is 0.408 e. The summed E-state index contributed by atoms with van der Waals surface area (Å²) in [5.74, 6) is -0.852. The highest BCUT2D eigenvalue weighted by molar-refractivity contribution is 5.87. The highest BCUT2D eigenvalue weighted by atomic mass is 16.6.